The molecule has 4 rings (SSSR count). The number of para-hydroxylation sites is 2. The number of nitrogens with one attached hydrogen (secondary N) is 1. The van der Waals surface area contributed by atoms with Crippen LogP contribution >= 0.6 is 22.7 Å². The third-order valence-electron chi connectivity index (χ3n) is 3.95. The molecule has 0 fully saturated rings. The average molecular weight is 409 g/mol. The number of primary amides is 1. The third kappa shape index (κ3) is 3.73. The average Bonchev–Trinajstić information content (AvgIpc) is 3.33. The molecule has 2 aromatic heterocycles. The van der Waals surface area contributed by atoms with Gasteiger partial charge < -0.3 is 15.8 Å². The normalized spacial score (nSPS) is 10.7. The highest BCUT2D eigenvalue weighted by atomic mass is 32.1. The topological polar surface area (TPSA) is 94.3 Å². The van der Waals surface area contributed by atoms with Gasteiger partial charge in [0.2, 0.25) is 0 Å². The van der Waals surface area contributed by atoms with Crippen LogP contribution < -0.4 is 15.8 Å². The van der Waals surface area contributed by atoms with Gasteiger partial charge in [0.1, 0.15) is 15.8 Å². The molecule has 0 radical (unpaired) electrons. The molecular weight excluding hydrogens is 394 g/mol. The summed E-state index contributed by atoms with van der Waals surface area (Å²) >= 11 is 2.80. The van der Waals surface area contributed by atoms with E-state index in [1.54, 1.807) is 28.8 Å². The van der Waals surface area contributed by atoms with Crippen molar-refractivity contribution >= 4 is 49.7 Å². The summed E-state index contributed by atoms with van der Waals surface area (Å²) in [5.41, 5.74) is 7.33. The fourth-order valence-electron chi connectivity index (χ4n) is 2.66. The fourth-order valence-corrected chi connectivity index (χ4v) is 4.47. The monoisotopic (exact) mass is 409 g/mol. The van der Waals surface area contributed by atoms with Crippen LogP contribution in [0.25, 0.3) is 20.8 Å². The summed E-state index contributed by atoms with van der Waals surface area (Å²) in [7, 11) is 0. The molecule has 2 heterocycles. The zero-order valence-corrected chi connectivity index (χ0v) is 16.2. The maximum absolute atomic E-state index is 12.3. The molecule has 28 heavy (non-hydrogen) atoms. The standard InChI is InChI=1S/C20H15N3O3S2/c21-18(25)13-9-10-27-19(13)23-17(24)11-26-15-7-3-1-5-12(15)20-22-14-6-2-4-8-16(14)28-20/h1-10H,11H2,(H2,21,25)(H,23,24). The number of amides is 2. The number of aromatic nitrogens is 1. The van der Waals surface area contributed by atoms with Crippen molar-refractivity contribution in [3.05, 3.63) is 65.5 Å². The summed E-state index contributed by atoms with van der Waals surface area (Å²) in [6, 6.07) is 16.9. The number of nitrogens with zero attached hydrogens (tertiary/aromatic N) is 1. The number of anilines is 1. The quantitative estimate of drug-likeness (QED) is 0.500. The van der Waals surface area contributed by atoms with Gasteiger partial charge in [-0.25, -0.2) is 4.98 Å². The van der Waals surface area contributed by atoms with Gasteiger partial charge >= 0.3 is 0 Å². The molecule has 0 aliphatic heterocycles. The van der Waals surface area contributed by atoms with E-state index >= 15 is 0 Å². The number of carbonyl (C=O) groups excluding carboxylic acids is 2. The molecule has 0 atom stereocenters. The van der Waals surface area contributed by atoms with Crippen LogP contribution in [0, 0.1) is 0 Å². The van der Waals surface area contributed by atoms with Crippen molar-refractivity contribution in [2.24, 2.45) is 5.73 Å². The van der Waals surface area contributed by atoms with Crippen LogP contribution in [0.15, 0.2) is 60.0 Å². The van der Waals surface area contributed by atoms with E-state index in [0.29, 0.717) is 10.8 Å². The van der Waals surface area contributed by atoms with Crippen LogP contribution in [0.5, 0.6) is 5.75 Å². The first-order valence-corrected chi connectivity index (χ1v) is 10.1. The number of nitrogens with two attached hydrogens (primary N) is 1. The lowest BCUT2D eigenvalue weighted by atomic mass is 10.2. The summed E-state index contributed by atoms with van der Waals surface area (Å²) in [5.74, 6) is -0.388. The minimum Gasteiger partial charge on any atom is -0.483 e. The van der Waals surface area contributed by atoms with Crippen LogP contribution in [0.1, 0.15) is 10.4 Å². The Morgan fingerprint density at radius 2 is 1.86 bits per heavy atom. The summed E-state index contributed by atoms with van der Waals surface area (Å²) in [5, 5.41) is 5.60. The second kappa shape index (κ2) is 7.79. The molecule has 0 bridgehead atoms. The highest BCUT2D eigenvalue weighted by molar-refractivity contribution is 7.21. The Morgan fingerprint density at radius 1 is 1.07 bits per heavy atom. The Balaban J connectivity index is 1.50. The number of benzene rings is 2. The first kappa shape index (κ1) is 18.1. The van der Waals surface area contributed by atoms with Crippen molar-refractivity contribution in [2.75, 3.05) is 11.9 Å². The van der Waals surface area contributed by atoms with Crippen LogP contribution in [0.2, 0.25) is 0 Å². The molecular formula is C20H15N3O3S2. The van der Waals surface area contributed by atoms with E-state index < -0.39 is 5.91 Å². The molecule has 0 aliphatic carbocycles. The molecule has 6 nitrogen and oxygen atoms in total. The van der Waals surface area contributed by atoms with Gasteiger partial charge in [0.05, 0.1) is 21.3 Å². The van der Waals surface area contributed by atoms with Gasteiger partial charge in [-0.1, -0.05) is 24.3 Å². The maximum atomic E-state index is 12.3. The van der Waals surface area contributed by atoms with E-state index in [1.165, 1.54) is 11.3 Å². The first-order valence-electron chi connectivity index (χ1n) is 8.37. The van der Waals surface area contributed by atoms with Crippen molar-refractivity contribution in [2.45, 2.75) is 0 Å². The SMILES string of the molecule is NC(=O)c1ccsc1NC(=O)COc1ccccc1-c1nc2ccccc2s1. The predicted octanol–water partition coefficient (Wildman–Crippen LogP) is 4.14. The molecule has 0 saturated carbocycles. The van der Waals surface area contributed by atoms with Crippen molar-refractivity contribution in [1.82, 2.24) is 4.98 Å². The number of hydrogen-bond donors (Lipinski definition) is 2. The van der Waals surface area contributed by atoms with Gasteiger partial charge in [0, 0.05) is 0 Å². The Hall–Kier alpha value is -3.23. The number of fused-ring (bicyclic) bond motifs is 1. The van der Waals surface area contributed by atoms with Gasteiger partial charge in [-0.2, -0.15) is 0 Å². The van der Waals surface area contributed by atoms with Crippen LogP contribution in [0.4, 0.5) is 5.00 Å². The smallest absolute Gasteiger partial charge is 0.262 e. The lowest BCUT2D eigenvalue weighted by Gasteiger charge is -2.10. The van der Waals surface area contributed by atoms with E-state index in [4.69, 9.17) is 10.5 Å². The largest absolute Gasteiger partial charge is 0.483 e. The number of ether oxygens (including phenoxy) is 1. The molecule has 4 aromatic rings. The van der Waals surface area contributed by atoms with E-state index in [9.17, 15) is 9.59 Å². The zero-order valence-electron chi connectivity index (χ0n) is 14.5. The third-order valence-corrected chi connectivity index (χ3v) is 5.85. The lowest BCUT2D eigenvalue weighted by molar-refractivity contribution is -0.118. The van der Waals surface area contributed by atoms with Crippen molar-refractivity contribution < 1.29 is 14.3 Å². The van der Waals surface area contributed by atoms with Crippen LogP contribution in [-0.2, 0) is 4.79 Å². The molecule has 3 N–H and O–H groups in total. The number of thiophene rings is 1. The number of hydrogen-bond acceptors (Lipinski definition) is 6. The minimum atomic E-state index is -0.585. The molecule has 140 valence electrons. The highest BCUT2D eigenvalue weighted by Crippen LogP contribution is 2.35. The van der Waals surface area contributed by atoms with Crippen LogP contribution in [0.3, 0.4) is 0 Å². The number of thiazole rings is 1. The Labute approximate surface area is 168 Å². The van der Waals surface area contributed by atoms with Gasteiger partial charge in [-0.3, -0.25) is 9.59 Å². The molecule has 2 amide bonds. The van der Waals surface area contributed by atoms with E-state index in [0.717, 1.165) is 20.8 Å². The lowest BCUT2D eigenvalue weighted by Crippen LogP contribution is -2.22. The first-order chi connectivity index (χ1) is 13.6. The van der Waals surface area contributed by atoms with Gasteiger partial charge in [0.15, 0.2) is 6.61 Å². The van der Waals surface area contributed by atoms with Gasteiger partial charge in [-0.05, 0) is 35.7 Å². The molecule has 2 aromatic carbocycles. The van der Waals surface area contributed by atoms with E-state index in [2.05, 4.69) is 10.3 Å². The summed E-state index contributed by atoms with van der Waals surface area (Å²) in [6.45, 7) is -0.196. The molecule has 0 aliphatic rings. The van der Waals surface area contributed by atoms with Crippen molar-refractivity contribution in [3.8, 4) is 16.3 Å². The summed E-state index contributed by atoms with van der Waals surface area (Å²) in [4.78, 5) is 28.3. The maximum Gasteiger partial charge on any atom is 0.262 e. The second-order valence-electron chi connectivity index (χ2n) is 5.85. The summed E-state index contributed by atoms with van der Waals surface area (Å²) < 4.78 is 6.83. The van der Waals surface area contributed by atoms with E-state index in [-0.39, 0.29) is 18.1 Å². The Morgan fingerprint density at radius 3 is 2.68 bits per heavy atom. The fraction of sp³-hybridized carbons (Fsp3) is 0.0500. The number of rotatable bonds is 6. The second-order valence-corrected chi connectivity index (χ2v) is 7.79. The molecule has 0 unspecified atom stereocenters. The van der Waals surface area contributed by atoms with E-state index in [1.807, 2.05) is 42.5 Å². The molecule has 8 heteroatoms. The Bertz CT molecular complexity index is 1130. The predicted molar refractivity (Wildman–Crippen MR) is 112 cm³/mol. The zero-order chi connectivity index (χ0) is 19.5. The highest BCUT2D eigenvalue weighted by Gasteiger charge is 2.15. The molecule has 0 saturated heterocycles. The molecule has 0 spiro atoms. The van der Waals surface area contributed by atoms with Crippen molar-refractivity contribution in [3.63, 3.8) is 0 Å². The van der Waals surface area contributed by atoms with Gasteiger partial charge in [0.25, 0.3) is 11.8 Å². The van der Waals surface area contributed by atoms with Crippen molar-refractivity contribution in [1.29, 1.82) is 0 Å². The van der Waals surface area contributed by atoms with Crippen LogP contribution in [-0.4, -0.2) is 23.4 Å². The minimum absolute atomic E-state index is 0.196. The summed E-state index contributed by atoms with van der Waals surface area (Å²) in [6.07, 6.45) is 0. The van der Waals surface area contributed by atoms with Gasteiger partial charge in [-0.15, -0.1) is 22.7 Å². The Kier molecular flexibility index (Phi) is 5.05. The number of carbonyl (C=O) groups is 2.